The summed E-state index contributed by atoms with van der Waals surface area (Å²) < 4.78 is 10.1. The molecule has 0 fully saturated rings. The van der Waals surface area contributed by atoms with Crippen LogP contribution in [0.15, 0.2) is 42.5 Å². The molecule has 8 nitrogen and oxygen atoms in total. The van der Waals surface area contributed by atoms with Crippen molar-refractivity contribution < 1.29 is 24.0 Å². The minimum Gasteiger partial charge on any atom is -0.496 e. The monoisotopic (exact) mass is 384 g/mol. The molecule has 0 aromatic heterocycles. The molecule has 0 saturated heterocycles. The highest BCUT2D eigenvalue weighted by molar-refractivity contribution is 5.94. The van der Waals surface area contributed by atoms with Crippen LogP contribution in [-0.4, -0.2) is 30.5 Å². The van der Waals surface area contributed by atoms with Gasteiger partial charge in [-0.2, -0.15) is 0 Å². The number of benzene rings is 2. The highest BCUT2D eigenvalue weighted by Crippen LogP contribution is 2.29. The van der Waals surface area contributed by atoms with E-state index >= 15 is 0 Å². The second kappa shape index (κ2) is 8.51. The summed E-state index contributed by atoms with van der Waals surface area (Å²) in [4.78, 5) is 34.8. The topological polar surface area (TPSA) is 108 Å². The molecular weight excluding hydrogens is 364 g/mol. The Morgan fingerprint density at radius 3 is 2.79 bits per heavy atom. The number of esters is 1. The number of carbonyl (C=O) groups excluding carboxylic acids is 2. The Bertz CT molecular complexity index is 911. The molecule has 0 saturated carbocycles. The Hall–Kier alpha value is -3.42. The summed E-state index contributed by atoms with van der Waals surface area (Å²) in [7, 11) is 1.34. The van der Waals surface area contributed by atoms with Crippen molar-refractivity contribution in [1.82, 2.24) is 5.32 Å². The van der Waals surface area contributed by atoms with E-state index in [0.717, 1.165) is 30.9 Å². The predicted molar refractivity (Wildman–Crippen MR) is 100 cm³/mol. The van der Waals surface area contributed by atoms with Crippen molar-refractivity contribution in [3.8, 4) is 5.75 Å². The first-order chi connectivity index (χ1) is 13.5. The highest BCUT2D eigenvalue weighted by Gasteiger charge is 2.23. The summed E-state index contributed by atoms with van der Waals surface area (Å²) >= 11 is 0. The van der Waals surface area contributed by atoms with Gasteiger partial charge in [-0.15, -0.1) is 0 Å². The minimum atomic E-state index is -0.861. The van der Waals surface area contributed by atoms with E-state index in [-0.39, 0.29) is 23.0 Å². The number of rotatable bonds is 6. The van der Waals surface area contributed by atoms with Crippen LogP contribution < -0.4 is 10.1 Å². The third-order valence-electron chi connectivity index (χ3n) is 4.65. The van der Waals surface area contributed by atoms with Crippen molar-refractivity contribution in [2.45, 2.75) is 25.3 Å². The van der Waals surface area contributed by atoms with Gasteiger partial charge in [-0.3, -0.25) is 14.9 Å². The SMILES string of the molecule is COc1ccc([N+](=O)[O-])cc1C(=O)OCC(=O)N[C@H]1CCCc2ccccc21. The van der Waals surface area contributed by atoms with Gasteiger partial charge < -0.3 is 14.8 Å². The van der Waals surface area contributed by atoms with Gasteiger partial charge in [0.15, 0.2) is 6.61 Å². The summed E-state index contributed by atoms with van der Waals surface area (Å²) in [6.45, 7) is -0.483. The number of nitro groups is 1. The molecule has 0 heterocycles. The largest absolute Gasteiger partial charge is 0.496 e. The number of ether oxygens (including phenoxy) is 2. The number of nitro benzene ring substituents is 1. The van der Waals surface area contributed by atoms with Crippen molar-refractivity contribution >= 4 is 17.6 Å². The van der Waals surface area contributed by atoms with Crippen molar-refractivity contribution in [3.63, 3.8) is 0 Å². The van der Waals surface area contributed by atoms with E-state index in [0.29, 0.717) is 0 Å². The van der Waals surface area contributed by atoms with Crippen molar-refractivity contribution in [2.75, 3.05) is 13.7 Å². The molecule has 2 aromatic carbocycles. The summed E-state index contributed by atoms with van der Waals surface area (Å²) in [5.41, 5.74) is 1.91. The molecule has 28 heavy (non-hydrogen) atoms. The molecule has 1 atom stereocenters. The fourth-order valence-corrected chi connectivity index (χ4v) is 3.32. The van der Waals surface area contributed by atoms with E-state index in [1.165, 1.54) is 24.8 Å². The third-order valence-corrected chi connectivity index (χ3v) is 4.65. The van der Waals surface area contributed by atoms with E-state index in [2.05, 4.69) is 5.32 Å². The normalized spacial score (nSPS) is 15.2. The fraction of sp³-hybridized carbons (Fsp3) is 0.300. The van der Waals surface area contributed by atoms with Crippen LogP contribution in [0.25, 0.3) is 0 Å². The highest BCUT2D eigenvalue weighted by atomic mass is 16.6. The Balaban J connectivity index is 1.63. The zero-order valence-corrected chi connectivity index (χ0v) is 15.3. The van der Waals surface area contributed by atoms with E-state index in [1.807, 2.05) is 24.3 Å². The molecule has 0 bridgehead atoms. The second-order valence-corrected chi connectivity index (χ2v) is 6.43. The average molecular weight is 384 g/mol. The molecule has 0 spiro atoms. The molecule has 146 valence electrons. The fourth-order valence-electron chi connectivity index (χ4n) is 3.32. The van der Waals surface area contributed by atoms with Gasteiger partial charge >= 0.3 is 5.97 Å². The number of fused-ring (bicyclic) bond motifs is 1. The first kappa shape index (κ1) is 19.3. The van der Waals surface area contributed by atoms with Gasteiger partial charge in [0.05, 0.1) is 18.1 Å². The summed E-state index contributed by atoms with van der Waals surface area (Å²) in [6, 6.07) is 11.4. The predicted octanol–water partition coefficient (Wildman–Crippen LogP) is 2.95. The molecule has 1 aliphatic rings. The van der Waals surface area contributed by atoms with Gasteiger partial charge in [0.1, 0.15) is 11.3 Å². The molecule has 3 rings (SSSR count). The van der Waals surface area contributed by atoms with E-state index in [4.69, 9.17) is 9.47 Å². The van der Waals surface area contributed by atoms with Gasteiger partial charge in [0, 0.05) is 12.1 Å². The molecule has 2 aromatic rings. The molecule has 8 heteroatoms. The van der Waals surface area contributed by atoms with Gasteiger partial charge in [0.25, 0.3) is 11.6 Å². The van der Waals surface area contributed by atoms with Crippen LogP contribution in [-0.2, 0) is 16.0 Å². The third kappa shape index (κ3) is 4.28. The number of carbonyl (C=O) groups is 2. The maximum atomic E-state index is 12.3. The Morgan fingerprint density at radius 1 is 1.25 bits per heavy atom. The summed E-state index contributed by atoms with van der Waals surface area (Å²) in [6.07, 6.45) is 2.76. The smallest absolute Gasteiger partial charge is 0.342 e. The van der Waals surface area contributed by atoms with Crippen LogP contribution in [0.2, 0.25) is 0 Å². The Kier molecular flexibility index (Phi) is 5.88. The van der Waals surface area contributed by atoms with Gasteiger partial charge in [-0.25, -0.2) is 4.79 Å². The molecule has 0 aliphatic heterocycles. The number of aryl methyl sites for hydroxylation is 1. The Labute approximate surface area is 161 Å². The quantitative estimate of drug-likeness (QED) is 0.466. The number of nitrogens with zero attached hydrogens (tertiary/aromatic N) is 1. The lowest BCUT2D eigenvalue weighted by molar-refractivity contribution is -0.384. The van der Waals surface area contributed by atoms with Crippen LogP contribution in [0.1, 0.15) is 40.4 Å². The van der Waals surface area contributed by atoms with Crippen molar-refractivity contribution in [1.29, 1.82) is 0 Å². The summed E-state index contributed by atoms with van der Waals surface area (Å²) in [5, 5.41) is 13.8. The van der Waals surface area contributed by atoms with E-state index in [9.17, 15) is 19.7 Å². The van der Waals surface area contributed by atoms with Crippen LogP contribution >= 0.6 is 0 Å². The standard InChI is InChI=1S/C20H20N2O6/c1-27-18-10-9-14(22(25)26)11-16(18)20(24)28-12-19(23)21-17-8-4-6-13-5-2-3-7-15(13)17/h2-3,5,7,9-11,17H,4,6,8,12H2,1H3,(H,21,23)/t17-/m0/s1. The molecular formula is C20H20N2O6. The maximum Gasteiger partial charge on any atom is 0.342 e. The number of nitrogens with one attached hydrogen (secondary N) is 1. The van der Waals surface area contributed by atoms with Crippen LogP contribution in [0.3, 0.4) is 0 Å². The van der Waals surface area contributed by atoms with E-state index < -0.39 is 23.4 Å². The average Bonchev–Trinajstić information content (AvgIpc) is 2.71. The lowest BCUT2D eigenvalue weighted by atomic mass is 9.88. The number of non-ortho nitro benzene ring substituents is 1. The molecule has 1 N–H and O–H groups in total. The van der Waals surface area contributed by atoms with Crippen molar-refractivity contribution in [3.05, 3.63) is 69.3 Å². The number of methoxy groups -OCH3 is 1. The lowest BCUT2D eigenvalue weighted by Crippen LogP contribution is -2.34. The van der Waals surface area contributed by atoms with Gasteiger partial charge in [0.2, 0.25) is 0 Å². The molecule has 0 radical (unpaired) electrons. The first-order valence-corrected chi connectivity index (χ1v) is 8.86. The van der Waals surface area contributed by atoms with Crippen LogP contribution in [0.4, 0.5) is 5.69 Å². The zero-order valence-electron chi connectivity index (χ0n) is 15.3. The lowest BCUT2D eigenvalue weighted by Gasteiger charge is -2.26. The number of amides is 1. The number of hydrogen-bond acceptors (Lipinski definition) is 6. The van der Waals surface area contributed by atoms with Gasteiger partial charge in [-0.1, -0.05) is 24.3 Å². The van der Waals surface area contributed by atoms with Crippen LogP contribution in [0.5, 0.6) is 5.75 Å². The number of hydrogen-bond donors (Lipinski definition) is 1. The van der Waals surface area contributed by atoms with E-state index in [1.54, 1.807) is 0 Å². The Morgan fingerprint density at radius 2 is 2.04 bits per heavy atom. The molecule has 1 amide bonds. The van der Waals surface area contributed by atoms with Crippen LogP contribution in [0, 0.1) is 10.1 Å². The van der Waals surface area contributed by atoms with Crippen molar-refractivity contribution in [2.24, 2.45) is 0 Å². The zero-order chi connectivity index (χ0) is 20.1. The van der Waals surface area contributed by atoms with Gasteiger partial charge in [-0.05, 0) is 36.5 Å². The second-order valence-electron chi connectivity index (χ2n) is 6.43. The molecule has 1 aliphatic carbocycles. The molecule has 0 unspecified atom stereocenters. The maximum absolute atomic E-state index is 12.3. The first-order valence-electron chi connectivity index (χ1n) is 8.86. The minimum absolute atomic E-state index is 0.104. The summed E-state index contributed by atoms with van der Waals surface area (Å²) in [5.74, 6) is -1.16.